The van der Waals surface area contributed by atoms with Crippen molar-refractivity contribution in [3.63, 3.8) is 0 Å². The smallest absolute Gasteiger partial charge is 0.332 e. The third-order valence-corrected chi connectivity index (χ3v) is 5.20. The molecule has 126 valence electrons. The Morgan fingerprint density at radius 1 is 1.21 bits per heavy atom. The van der Waals surface area contributed by atoms with Gasteiger partial charge < -0.3 is 10.2 Å². The molecule has 2 aliphatic carbocycles. The first kappa shape index (κ1) is 16.5. The van der Waals surface area contributed by atoms with Crippen LogP contribution < -0.4 is 0 Å². The predicted octanol–water partition coefficient (Wildman–Crippen LogP) is 3.78. The molecule has 0 amide bonds. The van der Waals surface area contributed by atoms with Gasteiger partial charge in [0.2, 0.25) is 0 Å². The lowest BCUT2D eigenvalue weighted by Gasteiger charge is -2.37. The Balaban J connectivity index is 2.22. The van der Waals surface area contributed by atoms with Crippen LogP contribution >= 0.6 is 0 Å². The Hall–Kier alpha value is -2.36. The van der Waals surface area contributed by atoms with Gasteiger partial charge in [0.25, 0.3) is 0 Å². The van der Waals surface area contributed by atoms with Crippen molar-refractivity contribution >= 4 is 11.9 Å². The maximum Gasteiger partial charge on any atom is 0.332 e. The minimum atomic E-state index is -1.26. The second kappa shape index (κ2) is 5.93. The van der Waals surface area contributed by atoms with Crippen molar-refractivity contribution in [2.75, 3.05) is 0 Å². The summed E-state index contributed by atoms with van der Waals surface area (Å²) in [6, 6.07) is 7.55. The summed E-state index contributed by atoms with van der Waals surface area (Å²) < 4.78 is 0. The Kier molecular flexibility index (Phi) is 4.08. The zero-order valence-corrected chi connectivity index (χ0v) is 14.0. The van der Waals surface area contributed by atoms with Crippen LogP contribution in [-0.4, -0.2) is 22.2 Å². The quantitative estimate of drug-likeness (QED) is 0.863. The molecule has 24 heavy (non-hydrogen) atoms. The average molecular weight is 326 g/mol. The number of carboxylic acid groups (broad SMARTS) is 2. The molecule has 1 fully saturated rings. The Bertz CT molecular complexity index is 755. The highest BCUT2D eigenvalue weighted by atomic mass is 16.4. The number of hydrogen-bond acceptors (Lipinski definition) is 2. The van der Waals surface area contributed by atoms with E-state index in [0.29, 0.717) is 5.92 Å². The van der Waals surface area contributed by atoms with Crippen LogP contribution in [0.5, 0.6) is 0 Å². The van der Waals surface area contributed by atoms with Crippen LogP contribution in [-0.2, 0) is 16.0 Å². The molecule has 2 N–H and O–H groups in total. The monoisotopic (exact) mass is 326 g/mol. The lowest BCUT2D eigenvalue weighted by Crippen LogP contribution is -2.38. The van der Waals surface area contributed by atoms with Crippen LogP contribution in [0.1, 0.15) is 43.7 Å². The summed E-state index contributed by atoms with van der Waals surface area (Å²) in [5.74, 6) is -2.40. The van der Waals surface area contributed by atoms with Crippen molar-refractivity contribution in [2.24, 2.45) is 11.3 Å². The van der Waals surface area contributed by atoms with Gasteiger partial charge in [0.05, 0.1) is 5.41 Å². The molecule has 2 aliphatic rings. The zero-order chi connectivity index (χ0) is 17.5. The fraction of sp³-hybridized carbons (Fsp3) is 0.400. The van der Waals surface area contributed by atoms with E-state index in [1.165, 1.54) is 0 Å². The zero-order valence-electron chi connectivity index (χ0n) is 14.0. The number of carboxylic acids is 2. The van der Waals surface area contributed by atoms with Crippen molar-refractivity contribution in [1.82, 2.24) is 0 Å². The number of aryl methyl sites for hydroxylation is 1. The maximum atomic E-state index is 12.2. The maximum absolute atomic E-state index is 12.2. The molecule has 1 saturated carbocycles. The topological polar surface area (TPSA) is 74.6 Å². The predicted molar refractivity (Wildman–Crippen MR) is 90.8 cm³/mol. The van der Waals surface area contributed by atoms with Crippen LogP contribution in [0.15, 0.2) is 47.6 Å². The van der Waals surface area contributed by atoms with Gasteiger partial charge in [-0.3, -0.25) is 4.79 Å². The van der Waals surface area contributed by atoms with Crippen molar-refractivity contribution in [3.05, 3.63) is 58.7 Å². The van der Waals surface area contributed by atoms with Crippen LogP contribution in [0.25, 0.3) is 0 Å². The summed E-state index contributed by atoms with van der Waals surface area (Å²) >= 11 is 0. The third kappa shape index (κ3) is 2.66. The van der Waals surface area contributed by atoms with Crippen molar-refractivity contribution < 1.29 is 19.8 Å². The summed E-state index contributed by atoms with van der Waals surface area (Å²) in [6.07, 6.45) is 6.23. The first-order chi connectivity index (χ1) is 11.4. The summed E-state index contributed by atoms with van der Waals surface area (Å²) in [7, 11) is 0. The highest BCUT2D eigenvalue weighted by Gasteiger charge is 2.48. The van der Waals surface area contributed by atoms with Gasteiger partial charge in [0.1, 0.15) is 0 Å². The number of rotatable bonds is 5. The van der Waals surface area contributed by atoms with Crippen LogP contribution in [0.4, 0.5) is 0 Å². The van der Waals surface area contributed by atoms with Gasteiger partial charge in [-0.2, -0.15) is 0 Å². The lowest BCUT2D eigenvalue weighted by atomic mass is 9.64. The van der Waals surface area contributed by atoms with E-state index in [1.54, 1.807) is 19.1 Å². The molecule has 0 spiro atoms. The molecule has 0 radical (unpaired) electrons. The Labute approximate surface area is 141 Å². The molecule has 0 heterocycles. The largest absolute Gasteiger partial charge is 0.481 e. The molecule has 3 rings (SSSR count). The van der Waals surface area contributed by atoms with E-state index >= 15 is 0 Å². The Morgan fingerprint density at radius 3 is 2.42 bits per heavy atom. The molecular weight excluding hydrogens is 304 g/mol. The first-order valence-corrected chi connectivity index (χ1v) is 8.37. The number of hydrogen-bond donors (Lipinski definition) is 2. The van der Waals surface area contributed by atoms with E-state index in [4.69, 9.17) is 0 Å². The fourth-order valence-corrected chi connectivity index (χ4v) is 3.71. The van der Waals surface area contributed by atoms with Crippen molar-refractivity contribution in [2.45, 2.75) is 39.0 Å². The van der Waals surface area contributed by atoms with Gasteiger partial charge >= 0.3 is 11.9 Å². The Morgan fingerprint density at radius 2 is 1.88 bits per heavy atom. The van der Waals surface area contributed by atoms with Gasteiger partial charge in [0, 0.05) is 11.5 Å². The van der Waals surface area contributed by atoms with Crippen molar-refractivity contribution in [3.8, 4) is 0 Å². The number of allylic oxidation sites excluding steroid dienone is 2. The van der Waals surface area contributed by atoms with Gasteiger partial charge in [-0.15, -0.1) is 0 Å². The standard InChI is InChI=1S/C20H22O4/c1-3-12-6-4-5-7-15(12)17-16(18(21)22)10-14(13-8-9-13)11-20(17,2)19(23)24/h4-7,10-11,13,17H,3,8-9H2,1-2H3,(H,21,22)(H,23,24). The number of aliphatic carboxylic acids is 2. The normalized spacial score (nSPS) is 26.5. The second-order valence-electron chi connectivity index (χ2n) is 6.90. The number of benzene rings is 1. The van der Waals surface area contributed by atoms with Crippen LogP contribution in [0, 0.1) is 11.3 Å². The van der Waals surface area contributed by atoms with E-state index in [-0.39, 0.29) is 5.57 Å². The first-order valence-electron chi connectivity index (χ1n) is 8.37. The molecule has 2 unspecified atom stereocenters. The molecule has 1 aromatic rings. The summed E-state index contributed by atoms with van der Waals surface area (Å²) in [4.78, 5) is 24.1. The molecule has 0 bridgehead atoms. The molecule has 4 nitrogen and oxygen atoms in total. The molecule has 2 atom stereocenters. The fourth-order valence-electron chi connectivity index (χ4n) is 3.71. The molecule has 4 heteroatoms. The molecular formula is C20H22O4. The van der Waals surface area contributed by atoms with Crippen molar-refractivity contribution in [1.29, 1.82) is 0 Å². The van der Waals surface area contributed by atoms with E-state index in [1.807, 2.05) is 31.2 Å². The van der Waals surface area contributed by atoms with E-state index in [0.717, 1.165) is 36.0 Å². The average Bonchev–Trinajstić information content (AvgIpc) is 3.38. The van der Waals surface area contributed by atoms with E-state index in [9.17, 15) is 19.8 Å². The minimum Gasteiger partial charge on any atom is -0.481 e. The third-order valence-electron chi connectivity index (χ3n) is 5.20. The van der Waals surface area contributed by atoms with Gasteiger partial charge in [-0.25, -0.2) is 4.79 Å². The molecule has 1 aromatic carbocycles. The molecule has 0 aliphatic heterocycles. The molecule has 0 saturated heterocycles. The van der Waals surface area contributed by atoms with Gasteiger partial charge in [0.15, 0.2) is 0 Å². The molecule has 0 aromatic heterocycles. The van der Waals surface area contributed by atoms with E-state index in [2.05, 4.69) is 0 Å². The highest BCUT2D eigenvalue weighted by molar-refractivity contribution is 5.93. The van der Waals surface area contributed by atoms with Gasteiger partial charge in [-0.05, 0) is 54.9 Å². The van der Waals surface area contributed by atoms with E-state index < -0.39 is 23.3 Å². The van der Waals surface area contributed by atoms with Crippen LogP contribution in [0.2, 0.25) is 0 Å². The number of carbonyl (C=O) groups is 2. The second-order valence-corrected chi connectivity index (χ2v) is 6.90. The minimum absolute atomic E-state index is 0.185. The highest BCUT2D eigenvalue weighted by Crippen LogP contribution is 2.51. The summed E-state index contributed by atoms with van der Waals surface area (Å²) in [5, 5.41) is 19.7. The van der Waals surface area contributed by atoms with Gasteiger partial charge in [-0.1, -0.05) is 37.3 Å². The lowest BCUT2D eigenvalue weighted by molar-refractivity contribution is -0.146. The summed E-state index contributed by atoms with van der Waals surface area (Å²) in [5.41, 5.74) is 1.58. The SMILES string of the molecule is CCc1ccccc1C1C(C(=O)O)=CC(C2CC2)=CC1(C)C(=O)O. The van der Waals surface area contributed by atoms with Crippen LogP contribution in [0.3, 0.4) is 0 Å². The summed E-state index contributed by atoms with van der Waals surface area (Å²) in [6.45, 7) is 3.64.